The molecule has 0 N–H and O–H groups in total. The lowest BCUT2D eigenvalue weighted by Gasteiger charge is -2.15. The highest BCUT2D eigenvalue weighted by molar-refractivity contribution is 7.89. The molecule has 0 atom stereocenters. The number of carboxylic acids is 1. The lowest BCUT2D eigenvalue weighted by atomic mass is 10.1. The van der Waals surface area contributed by atoms with Crippen LogP contribution >= 0.6 is 0 Å². The second kappa shape index (κ2) is 9.02. The van der Waals surface area contributed by atoms with Gasteiger partial charge in [0.25, 0.3) is 0 Å². The number of nitrogens with zero attached hydrogens (tertiary/aromatic N) is 1. The van der Waals surface area contributed by atoms with E-state index in [2.05, 4.69) is 0 Å². The third kappa shape index (κ3) is 5.30. The minimum absolute atomic E-state index is 0.187. The molecular formula is C21H20NO6S-. The van der Waals surface area contributed by atoms with E-state index in [4.69, 9.17) is 4.74 Å². The van der Waals surface area contributed by atoms with Crippen molar-refractivity contribution in [2.24, 2.45) is 0 Å². The van der Waals surface area contributed by atoms with Crippen LogP contribution in [-0.2, 0) is 14.8 Å². The van der Waals surface area contributed by atoms with Crippen molar-refractivity contribution in [1.82, 2.24) is 4.31 Å². The summed E-state index contributed by atoms with van der Waals surface area (Å²) >= 11 is 0. The minimum atomic E-state index is -3.50. The summed E-state index contributed by atoms with van der Waals surface area (Å²) in [5.74, 6) is -1.18. The van der Waals surface area contributed by atoms with Gasteiger partial charge in [-0.15, -0.1) is 0 Å². The number of carboxylic acid groups (broad SMARTS) is 1. The van der Waals surface area contributed by atoms with Crippen LogP contribution in [0, 0.1) is 0 Å². The number of benzene rings is 2. The van der Waals surface area contributed by atoms with Crippen molar-refractivity contribution in [1.29, 1.82) is 0 Å². The molecule has 0 spiro atoms. The molecule has 1 saturated heterocycles. The van der Waals surface area contributed by atoms with Crippen LogP contribution in [0.1, 0.15) is 28.8 Å². The Balaban J connectivity index is 1.64. The molecule has 0 amide bonds. The zero-order valence-electron chi connectivity index (χ0n) is 15.6. The van der Waals surface area contributed by atoms with Gasteiger partial charge in [0.1, 0.15) is 12.4 Å². The molecule has 7 nitrogen and oxygen atoms in total. The molecule has 0 aromatic heterocycles. The molecule has 1 fully saturated rings. The topological polar surface area (TPSA) is 104 Å². The van der Waals surface area contributed by atoms with Crippen molar-refractivity contribution in [3.05, 3.63) is 65.7 Å². The van der Waals surface area contributed by atoms with Crippen molar-refractivity contribution < 1.29 is 27.9 Å². The first-order valence-corrected chi connectivity index (χ1v) is 10.6. The molecule has 0 aliphatic carbocycles. The molecule has 1 heterocycles. The van der Waals surface area contributed by atoms with Gasteiger partial charge in [0, 0.05) is 18.7 Å². The average molecular weight is 414 g/mol. The van der Waals surface area contributed by atoms with E-state index in [1.165, 1.54) is 34.6 Å². The number of sulfonamides is 1. The van der Waals surface area contributed by atoms with Gasteiger partial charge in [-0.3, -0.25) is 4.79 Å². The number of carbonyl (C=O) groups excluding carboxylic acids is 2. The van der Waals surface area contributed by atoms with Crippen LogP contribution in [0.4, 0.5) is 0 Å². The number of allylic oxidation sites excluding steroid dienone is 1. The van der Waals surface area contributed by atoms with Crippen LogP contribution in [0.5, 0.6) is 5.75 Å². The van der Waals surface area contributed by atoms with Crippen molar-refractivity contribution in [3.8, 4) is 5.75 Å². The molecule has 0 radical (unpaired) electrons. The Hall–Kier alpha value is -2.97. The van der Waals surface area contributed by atoms with E-state index in [1.54, 1.807) is 30.3 Å². The summed E-state index contributed by atoms with van der Waals surface area (Å²) in [4.78, 5) is 22.9. The quantitative estimate of drug-likeness (QED) is 0.479. The molecule has 0 bridgehead atoms. The summed E-state index contributed by atoms with van der Waals surface area (Å²) in [5.41, 5.74) is 1.11. The normalized spacial score (nSPS) is 14.9. The lowest BCUT2D eigenvalue weighted by molar-refractivity contribution is -0.307. The molecule has 29 heavy (non-hydrogen) atoms. The first-order chi connectivity index (χ1) is 13.9. The zero-order valence-corrected chi connectivity index (χ0v) is 16.4. The fourth-order valence-electron chi connectivity index (χ4n) is 2.95. The Morgan fingerprint density at radius 1 is 1.00 bits per heavy atom. The maximum Gasteiger partial charge on any atom is 0.243 e. The van der Waals surface area contributed by atoms with Crippen LogP contribution < -0.4 is 9.84 Å². The first kappa shape index (κ1) is 20.8. The van der Waals surface area contributed by atoms with Gasteiger partial charge in [0.05, 0.1) is 10.9 Å². The zero-order chi connectivity index (χ0) is 20.9. The Morgan fingerprint density at radius 2 is 1.62 bits per heavy atom. The standard InChI is InChI=1S/C21H21NO6S/c23-20(12-5-16-3-8-18(9-4-16)28-15-21(24)25)17-6-10-19(11-7-17)29(26,27)22-13-1-2-14-22/h3-12H,1-2,13-15H2,(H,24,25)/p-1/b12-5+. The third-order valence-corrected chi connectivity index (χ3v) is 6.42. The summed E-state index contributed by atoms with van der Waals surface area (Å²) in [5, 5.41) is 10.4. The van der Waals surface area contributed by atoms with Gasteiger partial charge in [-0.25, -0.2) is 8.42 Å². The van der Waals surface area contributed by atoms with E-state index in [9.17, 15) is 23.1 Å². The molecule has 2 aromatic rings. The summed E-state index contributed by atoms with van der Waals surface area (Å²) in [7, 11) is -3.50. The fraction of sp³-hybridized carbons (Fsp3) is 0.238. The highest BCUT2D eigenvalue weighted by Gasteiger charge is 2.27. The Morgan fingerprint density at radius 3 is 2.21 bits per heavy atom. The van der Waals surface area contributed by atoms with Crippen LogP contribution in [0.3, 0.4) is 0 Å². The van der Waals surface area contributed by atoms with E-state index in [0.717, 1.165) is 18.4 Å². The number of ketones is 1. The highest BCUT2D eigenvalue weighted by atomic mass is 32.2. The van der Waals surface area contributed by atoms with E-state index >= 15 is 0 Å². The van der Waals surface area contributed by atoms with Crippen LogP contribution in [0.25, 0.3) is 6.08 Å². The van der Waals surface area contributed by atoms with Gasteiger partial charge in [-0.1, -0.05) is 18.2 Å². The molecule has 8 heteroatoms. The predicted octanol–water partition coefficient (Wildman–Crippen LogP) is 1.50. The van der Waals surface area contributed by atoms with Crippen LogP contribution in [0.15, 0.2) is 59.5 Å². The molecular weight excluding hydrogens is 394 g/mol. The van der Waals surface area contributed by atoms with Gasteiger partial charge in [0.15, 0.2) is 5.78 Å². The van der Waals surface area contributed by atoms with E-state index in [0.29, 0.717) is 24.4 Å². The van der Waals surface area contributed by atoms with Crippen molar-refractivity contribution in [2.75, 3.05) is 19.7 Å². The molecule has 0 unspecified atom stereocenters. The van der Waals surface area contributed by atoms with Crippen molar-refractivity contribution in [3.63, 3.8) is 0 Å². The maximum absolute atomic E-state index is 12.5. The molecule has 1 aliphatic rings. The molecule has 2 aromatic carbocycles. The van der Waals surface area contributed by atoms with Crippen molar-refractivity contribution in [2.45, 2.75) is 17.7 Å². The number of hydrogen-bond donors (Lipinski definition) is 0. The fourth-order valence-corrected chi connectivity index (χ4v) is 4.47. The summed E-state index contributed by atoms with van der Waals surface area (Å²) < 4.78 is 31.5. The van der Waals surface area contributed by atoms with Gasteiger partial charge in [-0.05, 0) is 60.9 Å². The molecule has 152 valence electrons. The third-order valence-electron chi connectivity index (χ3n) is 4.51. The minimum Gasteiger partial charge on any atom is -0.546 e. The number of hydrogen-bond acceptors (Lipinski definition) is 6. The Labute approximate surface area is 169 Å². The predicted molar refractivity (Wildman–Crippen MR) is 105 cm³/mol. The van der Waals surface area contributed by atoms with E-state index < -0.39 is 22.6 Å². The second-order valence-electron chi connectivity index (χ2n) is 6.56. The van der Waals surface area contributed by atoms with E-state index in [1.807, 2.05) is 0 Å². The number of ether oxygens (including phenoxy) is 1. The summed E-state index contributed by atoms with van der Waals surface area (Å²) in [6, 6.07) is 12.5. The second-order valence-corrected chi connectivity index (χ2v) is 8.50. The number of rotatable bonds is 8. The van der Waals surface area contributed by atoms with Crippen molar-refractivity contribution >= 4 is 27.9 Å². The highest BCUT2D eigenvalue weighted by Crippen LogP contribution is 2.21. The van der Waals surface area contributed by atoms with Crippen LogP contribution in [0.2, 0.25) is 0 Å². The molecule has 1 aliphatic heterocycles. The lowest BCUT2D eigenvalue weighted by Crippen LogP contribution is -2.28. The monoisotopic (exact) mass is 414 g/mol. The van der Waals surface area contributed by atoms with Gasteiger partial charge in [0.2, 0.25) is 10.0 Å². The van der Waals surface area contributed by atoms with E-state index in [-0.39, 0.29) is 10.7 Å². The average Bonchev–Trinajstić information content (AvgIpc) is 3.27. The largest absolute Gasteiger partial charge is 0.546 e. The Kier molecular flexibility index (Phi) is 6.46. The first-order valence-electron chi connectivity index (χ1n) is 9.11. The number of aliphatic carboxylic acids is 1. The molecule has 0 saturated carbocycles. The van der Waals surface area contributed by atoms with Crippen LogP contribution in [-0.4, -0.2) is 44.2 Å². The van der Waals surface area contributed by atoms with Gasteiger partial charge >= 0.3 is 0 Å². The maximum atomic E-state index is 12.5. The smallest absolute Gasteiger partial charge is 0.243 e. The van der Waals surface area contributed by atoms with Gasteiger partial charge in [-0.2, -0.15) is 4.31 Å². The molecule has 3 rings (SSSR count). The Bertz CT molecular complexity index is 1000. The summed E-state index contributed by atoms with van der Waals surface area (Å²) in [6.45, 7) is 0.530. The van der Waals surface area contributed by atoms with Gasteiger partial charge < -0.3 is 14.6 Å². The number of carbonyl (C=O) groups is 2. The SMILES string of the molecule is O=C([O-])COc1ccc(/C=C/C(=O)c2ccc(S(=O)(=O)N3CCCC3)cc2)cc1. The summed E-state index contributed by atoms with van der Waals surface area (Å²) in [6.07, 6.45) is 4.73.